The third-order valence-electron chi connectivity index (χ3n) is 3.84. The molecular formula is C18H28IN5O. The molecule has 0 saturated heterocycles. The number of benzene rings is 1. The van der Waals surface area contributed by atoms with Crippen molar-refractivity contribution in [2.24, 2.45) is 4.99 Å². The van der Waals surface area contributed by atoms with Crippen molar-refractivity contribution in [2.75, 3.05) is 26.8 Å². The van der Waals surface area contributed by atoms with Crippen LogP contribution in [0.3, 0.4) is 0 Å². The molecule has 2 aromatic rings. The second-order valence-electron chi connectivity index (χ2n) is 5.45. The highest BCUT2D eigenvalue weighted by Gasteiger charge is 2.12. The van der Waals surface area contributed by atoms with Gasteiger partial charge >= 0.3 is 0 Å². The number of aryl methyl sites for hydroxylation is 1. The zero-order valence-corrected chi connectivity index (χ0v) is 17.7. The van der Waals surface area contributed by atoms with Crippen LogP contribution in [0.25, 0.3) is 5.69 Å². The fourth-order valence-corrected chi connectivity index (χ4v) is 2.53. The molecule has 6 nitrogen and oxygen atoms in total. The zero-order chi connectivity index (χ0) is 17.4. The summed E-state index contributed by atoms with van der Waals surface area (Å²) >= 11 is 0. The van der Waals surface area contributed by atoms with E-state index in [1.54, 1.807) is 7.05 Å². The second-order valence-corrected chi connectivity index (χ2v) is 5.45. The van der Waals surface area contributed by atoms with Crippen molar-refractivity contribution in [3.05, 3.63) is 47.3 Å². The summed E-state index contributed by atoms with van der Waals surface area (Å²) in [6.07, 6.45) is 0. The first-order valence-electron chi connectivity index (χ1n) is 8.30. The van der Waals surface area contributed by atoms with E-state index in [0.717, 1.165) is 36.2 Å². The SMILES string of the molecule is CCOCCNC(=NC)NCc1c(C)nn(-c2ccccc2)c1C.I. The quantitative estimate of drug-likeness (QED) is 0.291. The number of para-hydroxylation sites is 1. The van der Waals surface area contributed by atoms with Crippen molar-refractivity contribution in [3.8, 4) is 5.69 Å². The topological polar surface area (TPSA) is 63.5 Å². The average molecular weight is 457 g/mol. The molecule has 1 heterocycles. The number of ether oxygens (including phenoxy) is 1. The van der Waals surface area contributed by atoms with Gasteiger partial charge in [0.15, 0.2) is 5.96 Å². The van der Waals surface area contributed by atoms with Gasteiger partial charge in [0.1, 0.15) is 0 Å². The number of nitrogens with zero attached hydrogens (tertiary/aromatic N) is 3. The largest absolute Gasteiger partial charge is 0.380 e. The number of nitrogens with one attached hydrogen (secondary N) is 2. The Balaban J connectivity index is 0.00000312. The lowest BCUT2D eigenvalue weighted by Crippen LogP contribution is -2.38. The molecule has 25 heavy (non-hydrogen) atoms. The minimum atomic E-state index is 0. The molecule has 0 atom stereocenters. The van der Waals surface area contributed by atoms with Crippen molar-refractivity contribution in [1.29, 1.82) is 0 Å². The van der Waals surface area contributed by atoms with Gasteiger partial charge in [0.25, 0.3) is 0 Å². The smallest absolute Gasteiger partial charge is 0.191 e. The first kappa shape index (κ1) is 21.4. The van der Waals surface area contributed by atoms with Gasteiger partial charge in [0, 0.05) is 38.0 Å². The first-order chi connectivity index (χ1) is 11.7. The highest BCUT2D eigenvalue weighted by molar-refractivity contribution is 14.0. The minimum absolute atomic E-state index is 0. The Morgan fingerprint density at radius 1 is 1.20 bits per heavy atom. The van der Waals surface area contributed by atoms with Gasteiger partial charge in [0.2, 0.25) is 0 Å². The van der Waals surface area contributed by atoms with E-state index < -0.39 is 0 Å². The van der Waals surface area contributed by atoms with Gasteiger partial charge in [-0.05, 0) is 32.9 Å². The van der Waals surface area contributed by atoms with E-state index in [2.05, 4.69) is 39.8 Å². The molecule has 2 N–H and O–H groups in total. The highest BCUT2D eigenvalue weighted by Crippen LogP contribution is 2.17. The van der Waals surface area contributed by atoms with Crippen molar-refractivity contribution in [1.82, 2.24) is 20.4 Å². The molecule has 0 aliphatic heterocycles. The third-order valence-corrected chi connectivity index (χ3v) is 3.84. The van der Waals surface area contributed by atoms with Crippen LogP contribution in [-0.4, -0.2) is 42.5 Å². The predicted molar refractivity (Wildman–Crippen MR) is 113 cm³/mol. The molecule has 0 fully saturated rings. The lowest BCUT2D eigenvalue weighted by Gasteiger charge is -2.12. The van der Waals surface area contributed by atoms with Crippen LogP contribution in [0.1, 0.15) is 23.9 Å². The summed E-state index contributed by atoms with van der Waals surface area (Å²) in [5.74, 6) is 0.765. The monoisotopic (exact) mass is 457 g/mol. The van der Waals surface area contributed by atoms with Crippen LogP contribution in [-0.2, 0) is 11.3 Å². The van der Waals surface area contributed by atoms with E-state index in [9.17, 15) is 0 Å². The summed E-state index contributed by atoms with van der Waals surface area (Å²) in [5.41, 5.74) is 4.42. The van der Waals surface area contributed by atoms with Crippen molar-refractivity contribution in [2.45, 2.75) is 27.3 Å². The minimum Gasteiger partial charge on any atom is -0.380 e. The van der Waals surface area contributed by atoms with Crippen molar-refractivity contribution >= 4 is 29.9 Å². The maximum Gasteiger partial charge on any atom is 0.191 e. The van der Waals surface area contributed by atoms with Gasteiger partial charge in [-0.3, -0.25) is 4.99 Å². The number of aliphatic imine (C=N–C) groups is 1. The summed E-state index contributed by atoms with van der Waals surface area (Å²) in [4.78, 5) is 4.24. The van der Waals surface area contributed by atoms with E-state index in [1.807, 2.05) is 36.7 Å². The molecule has 2 rings (SSSR count). The van der Waals surface area contributed by atoms with Crippen LogP contribution in [0.15, 0.2) is 35.3 Å². The molecule has 0 radical (unpaired) electrons. The van der Waals surface area contributed by atoms with Gasteiger partial charge in [-0.2, -0.15) is 5.10 Å². The van der Waals surface area contributed by atoms with E-state index in [-0.39, 0.29) is 24.0 Å². The lowest BCUT2D eigenvalue weighted by molar-refractivity contribution is 0.152. The Hall–Kier alpha value is -1.61. The van der Waals surface area contributed by atoms with Crippen LogP contribution in [0.5, 0.6) is 0 Å². The molecule has 7 heteroatoms. The highest BCUT2D eigenvalue weighted by atomic mass is 127. The van der Waals surface area contributed by atoms with Gasteiger partial charge in [-0.1, -0.05) is 18.2 Å². The van der Waals surface area contributed by atoms with Gasteiger partial charge in [-0.25, -0.2) is 4.68 Å². The summed E-state index contributed by atoms with van der Waals surface area (Å²) in [7, 11) is 1.77. The van der Waals surface area contributed by atoms with E-state index >= 15 is 0 Å². The van der Waals surface area contributed by atoms with Crippen molar-refractivity contribution in [3.63, 3.8) is 0 Å². The standard InChI is InChI=1S/C18H27N5O.HI/c1-5-24-12-11-20-18(19-4)21-13-17-14(2)22-23(15(17)3)16-9-7-6-8-10-16;/h6-10H,5,11-13H2,1-4H3,(H2,19,20,21);1H. The number of halogens is 1. The maximum absolute atomic E-state index is 5.32. The first-order valence-corrected chi connectivity index (χ1v) is 8.30. The number of aromatic nitrogens is 2. The fourth-order valence-electron chi connectivity index (χ4n) is 2.53. The summed E-state index contributed by atoms with van der Waals surface area (Å²) in [6, 6.07) is 10.2. The van der Waals surface area contributed by atoms with Crippen LogP contribution < -0.4 is 10.6 Å². The predicted octanol–water partition coefficient (Wildman–Crippen LogP) is 2.81. The Morgan fingerprint density at radius 3 is 2.56 bits per heavy atom. The Bertz CT molecular complexity index is 670. The molecule has 1 aromatic heterocycles. The third kappa shape index (κ3) is 6.00. The molecule has 0 amide bonds. The van der Waals surface area contributed by atoms with Crippen LogP contribution in [0.2, 0.25) is 0 Å². The normalized spacial score (nSPS) is 11.1. The molecule has 0 aliphatic carbocycles. The summed E-state index contributed by atoms with van der Waals surface area (Å²) in [5, 5.41) is 11.2. The molecule has 0 bridgehead atoms. The number of guanidine groups is 1. The van der Waals surface area contributed by atoms with Crippen LogP contribution in [0, 0.1) is 13.8 Å². The molecule has 0 saturated carbocycles. The van der Waals surface area contributed by atoms with Crippen LogP contribution >= 0.6 is 24.0 Å². The molecule has 138 valence electrons. The lowest BCUT2D eigenvalue weighted by atomic mass is 10.2. The Morgan fingerprint density at radius 2 is 1.92 bits per heavy atom. The van der Waals surface area contributed by atoms with Gasteiger partial charge < -0.3 is 15.4 Å². The molecular weight excluding hydrogens is 429 g/mol. The fraction of sp³-hybridized carbons (Fsp3) is 0.444. The van der Waals surface area contributed by atoms with Crippen molar-refractivity contribution < 1.29 is 4.74 Å². The average Bonchev–Trinajstić information content (AvgIpc) is 2.89. The zero-order valence-electron chi connectivity index (χ0n) is 15.4. The number of hydrogen-bond acceptors (Lipinski definition) is 3. The number of rotatable bonds is 7. The van der Waals surface area contributed by atoms with E-state index in [1.165, 1.54) is 5.56 Å². The van der Waals surface area contributed by atoms with Gasteiger partial charge in [0.05, 0.1) is 18.0 Å². The molecule has 0 aliphatic rings. The number of hydrogen-bond donors (Lipinski definition) is 2. The molecule has 0 unspecified atom stereocenters. The molecule has 0 spiro atoms. The second kappa shape index (κ2) is 11.1. The van der Waals surface area contributed by atoms with Gasteiger partial charge in [-0.15, -0.1) is 24.0 Å². The maximum atomic E-state index is 5.32. The van der Waals surface area contributed by atoms with E-state index in [4.69, 9.17) is 4.74 Å². The summed E-state index contributed by atoms with van der Waals surface area (Å²) in [6.45, 7) is 8.92. The Labute approximate surface area is 167 Å². The molecule has 1 aromatic carbocycles. The summed E-state index contributed by atoms with van der Waals surface area (Å²) < 4.78 is 7.31. The van der Waals surface area contributed by atoms with E-state index in [0.29, 0.717) is 13.2 Å². The van der Waals surface area contributed by atoms with Crippen LogP contribution in [0.4, 0.5) is 0 Å². The Kier molecular flexibility index (Phi) is 9.51.